The van der Waals surface area contributed by atoms with Crippen molar-refractivity contribution in [1.29, 1.82) is 0 Å². The standard InChI is InChI=1S/C12H8N2.C5H11NO2.Pd/c1-3-9-5-6-10-4-2-8-14-12(10)11(9)13-7-1;1-3(2)4(6)5(7)8;/h1-8H;3-4H,6H2,1-2H3,(H,7,8);/q;;+2. The van der Waals surface area contributed by atoms with Crippen molar-refractivity contribution in [2.24, 2.45) is 11.7 Å². The van der Waals surface area contributed by atoms with Crippen molar-refractivity contribution in [1.82, 2.24) is 9.97 Å². The van der Waals surface area contributed by atoms with Gasteiger partial charge in [0.25, 0.3) is 0 Å². The average molecular weight is 404 g/mol. The van der Waals surface area contributed by atoms with E-state index in [0.717, 1.165) is 21.8 Å². The Morgan fingerprint density at radius 3 is 1.74 bits per heavy atom. The van der Waals surface area contributed by atoms with Crippen LogP contribution in [0.5, 0.6) is 0 Å². The summed E-state index contributed by atoms with van der Waals surface area (Å²) in [6.07, 6.45) is 3.60. The van der Waals surface area contributed by atoms with E-state index < -0.39 is 12.0 Å². The molecule has 1 atom stereocenters. The number of hydrogen-bond acceptors (Lipinski definition) is 4. The topological polar surface area (TPSA) is 89.1 Å². The smallest absolute Gasteiger partial charge is 0.480 e. The monoisotopic (exact) mass is 403 g/mol. The molecule has 0 aliphatic rings. The van der Waals surface area contributed by atoms with E-state index >= 15 is 0 Å². The number of aromatic nitrogens is 2. The summed E-state index contributed by atoms with van der Waals surface area (Å²) in [7, 11) is 0. The van der Waals surface area contributed by atoms with Gasteiger partial charge in [-0.15, -0.1) is 0 Å². The molecule has 0 radical (unpaired) electrons. The number of carbonyl (C=O) groups is 1. The van der Waals surface area contributed by atoms with Gasteiger partial charge in [-0.3, -0.25) is 14.8 Å². The maximum atomic E-state index is 10.0. The number of aliphatic carboxylic acids is 1. The fourth-order valence-electron chi connectivity index (χ4n) is 1.96. The third-order valence-electron chi connectivity index (χ3n) is 3.35. The molecule has 5 nitrogen and oxygen atoms in total. The van der Waals surface area contributed by atoms with E-state index in [9.17, 15) is 4.79 Å². The first-order valence-electron chi connectivity index (χ1n) is 7.07. The summed E-state index contributed by atoms with van der Waals surface area (Å²) < 4.78 is 0. The second-order valence-corrected chi connectivity index (χ2v) is 5.32. The molecule has 6 heteroatoms. The number of hydrogen-bond donors (Lipinski definition) is 2. The van der Waals surface area contributed by atoms with Gasteiger partial charge >= 0.3 is 26.4 Å². The van der Waals surface area contributed by atoms with Gasteiger partial charge in [0.15, 0.2) is 0 Å². The quantitative estimate of drug-likeness (QED) is 0.507. The summed E-state index contributed by atoms with van der Waals surface area (Å²) in [5, 5.41) is 10.5. The van der Waals surface area contributed by atoms with Gasteiger partial charge < -0.3 is 10.8 Å². The second-order valence-electron chi connectivity index (χ2n) is 5.32. The zero-order chi connectivity index (χ0) is 16.1. The second kappa shape index (κ2) is 8.68. The van der Waals surface area contributed by atoms with E-state index in [2.05, 4.69) is 34.2 Å². The van der Waals surface area contributed by atoms with Crippen LogP contribution in [-0.2, 0) is 25.2 Å². The van der Waals surface area contributed by atoms with Gasteiger partial charge in [-0.25, -0.2) is 0 Å². The van der Waals surface area contributed by atoms with Gasteiger partial charge in [-0.2, -0.15) is 0 Å². The van der Waals surface area contributed by atoms with Crippen molar-refractivity contribution in [3.05, 3.63) is 48.8 Å². The molecule has 3 N–H and O–H groups in total. The van der Waals surface area contributed by atoms with Crippen molar-refractivity contribution in [3.8, 4) is 0 Å². The fourth-order valence-corrected chi connectivity index (χ4v) is 1.96. The Labute approximate surface area is 148 Å². The van der Waals surface area contributed by atoms with Gasteiger partial charge in [0.1, 0.15) is 6.04 Å². The molecule has 0 amide bonds. The molecule has 3 rings (SSSR count). The van der Waals surface area contributed by atoms with Crippen LogP contribution in [0.15, 0.2) is 48.8 Å². The van der Waals surface area contributed by atoms with Gasteiger partial charge in [-0.1, -0.05) is 38.1 Å². The van der Waals surface area contributed by atoms with Crippen LogP contribution in [0.4, 0.5) is 0 Å². The predicted molar refractivity (Wildman–Crippen MR) is 87.5 cm³/mol. The van der Waals surface area contributed by atoms with Gasteiger partial charge in [0.05, 0.1) is 11.0 Å². The molecule has 0 aliphatic carbocycles. The molecule has 0 saturated heterocycles. The van der Waals surface area contributed by atoms with Crippen LogP contribution in [0.2, 0.25) is 0 Å². The van der Waals surface area contributed by atoms with Gasteiger partial charge in [-0.05, 0) is 18.1 Å². The summed E-state index contributed by atoms with van der Waals surface area (Å²) in [6.45, 7) is 3.55. The molecule has 3 aromatic rings. The first-order valence-corrected chi connectivity index (χ1v) is 7.07. The summed E-state index contributed by atoms with van der Waals surface area (Å²) >= 11 is 0. The van der Waals surface area contributed by atoms with Crippen molar-refractivity contribution in [2.45, 2.75) is 19.9 Å². The molecule has 1 unspecified atom stereocenters. The molecular weight excluding hydrogens is 385 g/mol. The van der Waals surface area contributed by atoms with Crippen LogP contribution in [0, 0.1) is 5.92 Å². The summed E-state index contributed by atoms with van der Waals surface area (Å²) in [5.41, 5.74) is 7.11. The Balaban J connectivity index is 0.000000258. The van der Waals surface area contributed by atoms with Crippen LogP contribution < -0.4 is 5.73 Å². The number of benzene rings is 1. The fraction of sp³-hybridized carbons (Fsp3) is 0.235. The van der Waals surface area contributed by atoms with E-state index in [1.807, 2.05) is 12.1 Å². The molecular formula is C17H19N3O2Pd+2. The Bertz CT molecular complexity index is 738. The summed E-state index contributed by atoms with van der Waals surface area (Å²) in [6, 6.07) is 11.4. The summed E-state index contributed by atoms with van der Waals surface area (Å²) in [4.78, 5) is 18.7. The Hall–Kier alpha value is -1.87. The normalized spacial score (nSPS) is 11.5. The van der Waals surface area contributed by atoms with Crippen LogP contribution in [0.3, 0.4) is 0 Å². The first-order chi connectivity index (χ1) is 10.5. The number of carboxylic acid groups (broad SMARTS) is 1. The van der Waals surface area contributed by atoms with Crippen molar-refractivity contribution < 1.29 is 30.3 Å². The molecule has 2 aromatic heterocycles. The molecule has 1 aromatic carbocycles. The Kier molecular flexibility index (Phi) is 7.24. The minimum atomic E-state index is -0.931. The number of fused-ring (bicyclic) bond motifs is 3. The molecule has 122 valence electrons. The number of carboxylic acids is 1. The molecule has 0 bridgehead atoms. The van der Waals surface area contributed by atoms with Crippen LogP contribution in [-0.4, -0.2) is 27.1 Å². The third-order valence-corrected chi connectivity index (χ3v) is 3.35. The van der Waals surface area contributed by atoms with Crippen LogP contribution in [0.1, 0.15) is 13.8 Å². The molecule has 23 heavy (non-hydrogen) atoms. The molecule has 2 heterocycles. The van der Waals surface area contributed by atoms with Crippen LogP contribution in [0.25, 0.3) is 21.8 Å². The van der Waals surface area contributed by atoms with E-state index in [4.69, 9.17) is 10.8 Å². The third kappa shape index (κ3) is 4.80. The maximum Gasteiger partial charge on any atom is 2.00 e. The summed E-state index contributed by atoms with van der Waals surface area (Å²) in [5.74, 6) is -0.910. The van der Waals surface area contributed by atoms with Crippen molar-refractivity contribution >= 4 is 27.8 Å². The maximum absolute atomic E-state index is 10.0. The van der Waals surface area contributed by atoms with E-state index in [-0.39, 0.29) is 26.3 Å². The average Bonchev–Trinajstić information content (AvgIpc) is 2.54. The Morgan fingerprint density at radius 2 is 1.43 bits per heavy atom. The number of nitrogens with two attached hydrogens (primary N) is 1. The van der Waals surface area contributed by atoms with E-state index in [1.54, 1.807) is 26.2 Å². The molecule has 0 saturated carbocycles. The zero-order valence-electron chi connectivity index (χ0n) is 12.9. The number of rotatable bonds is 2. The van der Waals surface area contributed by atoms with Crippen LogP contribution >= 0.6 is 0 Å². The minimum absolute atomic E-state index is 0. The van der Waals surface area contributed by atoms with E-state index in [0.29, 0.717) is 0 Å². The largest absolute Gasteiger partial charge is 2.00 e. The van der Waals surface area contributed by atoms with E-state index in [1.165, 1.54) is 0 Å². The molecule has 0 spiro atoms. The minimum Gasteiger partial charge on any atom is -0.480 e. The van der Waals surface area contributed by atoms with Crippen molar-refractivity contribution in [3.63, 3.8) is 0 Å². The van der Waals surface area contributed by atoms with Gasteiger partial charge in [0, 0.05) is 23.2 Å². The SMILES string of the molecule is CC(C)C(N)C(=O)O.[Pd+2].c1cnc2c(c1)ccc1cccnc12. The number of pyridine rings is 2. The molecule has 0 aliphatic heterocycles. The predicted octanol–water partition coefficient (Wildman–Crippen LogP) is 2.83. The Morgan fingerprint density at radius 1 is 1.00 bits per heavy atom. The zero-order valence-corrected chi connectivity index (χ0v) is 14.5. The first kappa shape index (κ1) is 19.2. The molecule has 0 fully saturated rings. The number of nitrogens with zero attached hydrogens (tertiary/aromatic N) is 2. The van der Waals surface area contributed by atoms with Crippen molar-refractivity contribution in [2.75, 3.05) is 0 Å². The van der Waals surface area contributed by atoms with Gasteiger partial charge in [0.2, 0.25) is 0 Å².